The van der Waals surface area contributed by atoms with E-state index in [1.54, 1.807) is 6.07 Å². The van der Waals surface area contributed by atoms with E-state index < -0.39 is 26.4 Å². The van der Waals surface area contributed by atoms with Gasteiger partial charge in [0.15, 0.2) is 0 Å². The highest BCUT2D eigenvalue weighted by molar-refractivity contribution is 7.91. The van der Waals surface area contributed by atoms with Gasteiger partial charge in [0.25, 0.3) is 0 Å². The number of hydrogen-bond donors (Lipinski definition) is 1. The van der Waals surface area contributed by atoms with Crippen molar-refractivity contribution in [1.29, 1.82) is 0 Å². The predicted molar refractivity (Wildman–Crippen MR) is 101 cm³/mol. The molecule has 0 aliphatic carbocycles. The van der Waals surface area contributed by atoms with Crippen molar-refractivity contribution in [2.75, 3.05) is 19.8 Å². The number of nitrogens with one attached hydrogen (secondary N) is 1. The Kier molecular flexibility index (Phi) is 4.42. The van der Waals surface area contributed by atoms with Crippen LogP contribution >= 0.6 is 0 Å². The van der Waals surface area contributed by atoms with Crippen LogP contribution in [0.2, 0.25) is 0 Å². The maximum Gasteiger partial charge on any atom is 0.206 e. The van der Waals surface area contributed by atoms with Gasteiger partial charge in [-0.3, -0.25) is 0 Å². The van der Waals surface area contributed by atoms with Crippen molar-refractivity contribution in [3.63, 3.8) is 0 Å². The van der Waals surface area contributed by atoms with E-state index in [2.05, 4.69) is 5.32 Å². The molecule has 0 saturated carbocycles. The van der Waals surface area contributed by atoms with Gasteiger partial charge in [-0.15, -0.1) is 0 Å². The minimum absolute atomic E-state index is 0.0334. The van der Waals surface area contributed by atoms with Gasteiger partial charge in [0.2, 0.25) is 9.84 Å². The highest BCUT2D eigenvalue weighted by Gasteiger charge is 2.52. The van der Waals surface area contributed by atoms with Crippen LogP contribution in [-0.2, 0) is 14.6 Å². The molecule has 154 valence electrons. The van der Waals surface area contributed by atoms with Crippen molar-refractivity contribution in [3.8, 4) is 5.75 Å². The number of piperidine rings is 1. The molecule has 3 heterocycles. The van der Waals surface area contributed by atoms with E-state index in [9.17, 15) is 17.2 Å². The van der Waals surface area contributed by atoms with Gasteiger partial charge in [-0.1, -0.05) is 6.07 Å². The molecule has 1 N–H and O–H groups in total. The number of fused-ring (bicyclic) bond motifs is 4. The van der Waals surface area contributed by atoms with Gasteiger partial charge in [-0.2, -0.15) is 0 Å². The third kappa shape index (κ3) is 3.05. The van der Waals surface area contributed by atoms with Crippen LogP contribution in [0.25, 0.3) is 0 Å². The average Bonchev–Trinajstić information content (AvgIpc) is 3.08. The van der Waals surface area contributed by atoms with Crippen molar-refractivity contribution in [3.05, 3.63) is 53.6 Å². The molecule has 1 spiro atoms. The molecule has 0 radical (unpaired) electrons. The minimum Gasteiger partial charge on any atom is -0.488 e. The molecule has 2 aromatic rings. The number of rotatable bonds is 2. The minimum atomic E-state index is -4.07. The summed E-state index contributed by atoms with van der Waals surface area (Å²) in [7, 11) is -4.07. The lowest BCUT2D eigenvalue weighted by atomic mass is 9.73. The molecule has 5 nitrogen and oxygen atoms in total. The first kappa shape index (κ1) is 19.0. The van der Waals surface area contributed by atoms with Gasteiger partial charge < -0.3 is 14.8 Å². The van der Waals surface area contributed by atoms with Gasteiger partial charge in [0, 0.05) is 30.8 Å². The van der Waals surface area contributed by atoms with Crippen LogP contribution in [-0.4, -0.2) is 39.8 Å². The molecular weight excluding hydrogens is 400 g/mol. The SMILES string of the molecule is O=S(=O)(c1cc(F)cc(F)c1)c1ccc2c(c1)OC1C2CCNC12CCOCC2. The summed E-state index contributed by atoms with van der Waals surface area (Å²) in [6, 6.07) is 7.07. The highest BCUT2D eigenvalue weighted by atomic mass is 32.2. The van der Waals surface area contributed by atoms with E-state index >= 15 is 0 Å². The molecule has 2 saturated heterocycles. The summed E-state index contributed by atoms with van der Waals surface area (Å²) in [5.41, 5.74) is 0.817. The van der Waals surface area contributed by atoms with Crippen LogP contribution in [0, 0.1) is 11.6 Å². The third-order valence-corrected chi connectivity index (χ3v) is 8.05. The van der Waals surface area contributed by atoms with E-state index in [1.807, 2.05) is 0 Å². The summed E-state index contributed by atoms with van der Waals surface area (Å²) in [5, 5.41) is 3.62. The summed E-state index contributed by atoms with van der Waals surface area (Å²) in [4.78, 5) is -0.443. The predicted octanol–water partition coefficient (Wildman–Crippen LogP) is 3.18. The van der Waals surface area contributed by atoms with Gasteiger partial charge in [-0.25, -0.2) is 17.2 Å². The lowest BCUT2D eigenvalue weighted by molar-refractivity contribution is -0.0327. The molecule has 0 aromatic heterocycles. The summed E-state index contributed by atoms with van der Waals surface area (Å²) in [6.07, 6.45) is 2.51. The van der Waals surface area contributed by atoms with Crippen LogP contribution in [0.15, 0.2) is 46.2 Å². The van der Waals surface area contributed by atoms with Crippen molar-refractivity contribution in [2.45, 2.75) is 46.6 Å². The van der Waals surface area contributed by atoms with E-state index in [1.165, 1.54) is 12.1 Å². The van der Waals surface area contributed by atoms with Crippen molar-refractivity contribution < 1.29 is 26.7 Å². The Hall–Kier alpha value is -2.03. The normalized spacial score (nSPS) is 25.3. The summed E-state index contributed by atoms with van der Waals surface area (Å²) in [5.74, 6) is -1.14. The Morgan fingerprint density at radius 2 is 1.72 bits per heavy atom. The Balaban J connectivity index is 1.51. The molecule has 2 atom stereocenters. The largest absolute Gasteiger partial charge is 0.488 e. The number of halogens is 2. The summed E-state index contributed by atoms with van der Waals surface area (Å²) in [6.45, 7) is 2.20. The monoisotopic (exact) mass is 421 g/mol. The van der Waals surface area contributed by atoms with Crippen LogP contribution in [0.3, 0.4) is 0 Å². The smallest absolute Gasteiger partial charge is 0.206 e. The fraction of sp³-hybridized carbons (Fsp3) is 0.429. The first-order valence-electron chi connectivity index (χ1n) is 9.74. The van der Waals surface area contributed by atoms with Crippen LogP contribution in [0.5, 0.6) is 5.75 Å². The summed E-state index contributed by atoms with van der Waals surface area (Å²) >= 11 is 0. The molecule has 2 fully saturated rings. The Morgan fingerprint density at radius 3 is 2.45 bits per heavy atom. The van der Waals surface area contributed by atoms with Crippen molar-refractivity contribution in [2.24, 2.45) is 0 Å². The zero-order valence-electron chi connectivity index (χ0n) is 15.7. The maximum atomic E-state index is 13.6. The topological polar surface area (TPSA) is 64.6 Å². The summed E-state index contributed by atoms with van der Waals surface area (Å²) < 4.78 is 64.8. The third-order valence-electron chi connectivity index (χ3n) is 6.32. The second-order valence-electron chi connectivity index (χ2n) is 7.94. The zero-order chi connectivity index (χ0) is 20.2. The first-order valence-corrected chi connectivity index (χ1v) is 11.2. The number of benzene rings is 2. The van der Waals surface area contributed by atoms with E-state index in [4.69, 9.17) is 9.47 Å². The second-order valence-corrected chi connectivity index (χ2v) is 9.89. The van der Waals surface area contributed by atoms with E-state index in [0.29, 0.717) is 25.0 Å². The number of ether oxygens (including phenoxy) is 2. The standard InChI is InChI=1S/C21H21F2NO4S/c22-13-9-14(23)11-16(10-13)29(25,26)15-1-2-17-18-3-6-24-21(4-7-27-8-5-21)20(18)28-19(17)12-15/h1-2,9-12,18,20,24H,3-8H2. The molecule has 8 heteroatoms. The van der Waals surface area contributed by atoms with Gasteiger partial charge in [-0.05, 0) is 50.1 Å². The first-order chi connectivity index (χ1) is 13.9. The Bertz CT molecular complexity index is 1040. The quantitative estimate of drug-likeness (QED) is 0.807. The molecule has 3 aliphatic rings. The molecule has 2 unspecified atom stereocenters. The van der Waals surface area contributed by atoms with Crippen LogP contribution in [0.1, 0.15) is 30.7 Å². The van der Waals surface area contributed by atoms with Gasteiger partial charge >= 0.3 is 0 Å². The van der Waals surface area contributed by atoms with Gasteiger partial charge in [0.05, 0.1) is 15.3 Å². The van der Waals surface area contributed by atoms with Crippen molar-refractivity contribution in [1.82, 2.24) is 5.32 Å². The molecule has 3 aliphatic heterocycles. The molecular formula is C21H21F2NO4S. The fourth-order valence-electron chi connectivity index (χ4n) is 4.87. The molecule has 29 heavy (non-hydrogen) atoms. The molecule has 2 aromatic carbocycles. The lowest BCUT2D eigenvalue weighted by Gasteiger charge is -2.47. The maximum absolute atomic E-state index is 13.6. The number of sulfone groups is 1. The number of hydrogen-bond acceptors (Lipinski definition) is 5. The zero-order valence-corrected chi connectivity index (χ0v) is 16.5. The Morgan fingerprint density at radius 1 is 1.00 bits per heavy atom. The second kappa shape index (κ2) is 6.75. The van der Waals surface area contributed by atoms with Crippen molar-refractivity contribution >= 4 is 9.84 Å². The molecule has 0 amide bonds. The van der Waals surface area contributed by atoms with Crippen LogP contribution < -0.4 is 10.1 Å². The fourth-order valence-corrected chi connectivity index (χ4v) is 6.19. The Labute approximate surface area is 167 Å². The molecule has 0 bridgehead atoms. The van der Waals surface area contributed by atoms with Gasteiger partial charge in [0.1, 0.15) is 23.5 Å². The van der Waals surface area contributed by atoms with E-state index in [0.717, 1.165) is 43.5 Å². The average molecular weight is 421 g/mol. The van der Waals surface area contributed by atoms with E-state index in [-0.39, 0.29) is 22.5 Å². The van der Waals surface area contributed by atoms with Crippen LogP contribution in [0.4, 0.5) is 8.78 Å². The lowest BCUT2D eigenvalue weighted by Crippen LogP contribution is -2.63. The highest BCUT2D eigenvalue weighted by Crippen LogP contribution is 2.49. The molecule has 5 rings (SSSR count).